The SMILES string of the molecule is CC(C)(C)c1ccc(C2=N/C(=C\c3ccc(Cl)cc3)C(=O)N2CCCCCCN2C(=O)/C(=C\c3ccc(Cl)cc3)N=C2c2ccc(C(C)(C)C)cc2)cc1. The summed E-state index contributed by atoms with van der Waals surface area (Å²) in [6, 6.07) is 31.5. The summed E-state index contributed by atoms with van der Waals surface area (Å²) in [4.78, 5) is 40.9. The molecule has 0 spiro atoms. The first kappa shape index (κ1) is 38.9. The highest BCUT2D eigenvalue weighted by Gasteiger charge is 2.32. The van der Waals surface area contributed by atoms with Crippen LogP contribution < -0.4 is 0 Å². The number of nitrogens with zero attached hydrogens (tertiary/aromatic N) is 4. The molecule has 2 amide bonds. The Morgan fingerprint density at radius 2 is 0.833 bits per heavy atom. The van der Waals surface area contributed by atoms with Crippen molar-refractivity contribution in [3.8, 4) is 0 Å². The molecule has 54 heavy (non-hydrogen) atoms. The van der Waals surface area contributed by atoms with Crippen molar-refractivity contribution in [1.29, 1.82) is 0 Å². The number of carbonyl (C=O) groups excluding carboxylic acids is 2. The maximum atomic E-state index is 13.8. The molecule has 0 N–H and O–H groups in total. The van der Waals surface area contributed by atoms with E-state index >= 15 is 0 Å². The van der Waals surface area contributed by atoms with Gasteiger partial charge >= 0.3 is 0 Å². The summed E-state index contributed by atoms with van der Waals surface area (Å²) >= 11 is 12.2. The topological polar surface area (TPSA) is 65.3 Å². The second kappa shape index (κ2) is 16.3. The van der Waals surface area contributed by atoms with E-state index in [9.17, 15) is 9.59 Å². The van der Waals surface area contributed by atoms with Gasteiger partial charge in [-0.2, -0.15) is 0 Å². The van der Waals surface area contributed by atoms with Crippen LogP contribution in [0, 0.1) is 0 Å². The van der Waals surface area contributed by atoms with E-state index in [-0.39, 0.29) is 22.6 Å². The molecule has 6 rings (SSSR count). The molecule has 0 saturated heterocycles. The maximum Gasteiger partial charge on any atom is 0.278 e. The van der Waals surface area contributed by atoms with Crippen LogP contribution in [0.15, 0.2) is 118 Å². The van der Waals surface area contributed by atoms with Gasteiger partial charge in [-0.05, 0) is 82.3 Å². The lowest BCUT2D eigenvalue weighted by molar-refractivity contribution is -0.123. The van der Waals surface area contributed by atoms with Gasteiger partial charge in [0.25, 0.3) is 11.8 Å². The predicted molar refractivity (Wildman–Crippen MR) is 224 cm³/mol. The molecule has 0 fully saturated rings. The molecule has 8 heteroatoms. The van der Waals surface area contributed by atoms with Gasteiger partial charge in [0, 0.05) is 34.3 Å². The van der Waals surface area contributed by atoms with E-state index < -0.39 is 0 Å². The molecule has 0 saturated carbocycles. The zero-order valence-electron chi connectivity index (χ0n) is 32.0. The molecule has 4 aromatic rings. The van der Waals surface area contributed by atoms with Gasteiger partial charge in [0.05, 0.1) is 0 Å². The Kier molecular flexibility index (Phi) is 11.7. The highest BCUT2D eigenvalue weighted by atomic mass is 35.5. The number of amides is 2. The van der Waals surface area contributed by atoms with Crippen LogP contribution in [0.4, 0.5) is 0 Å². The molecule has 0 bridgehead atoms. The molecule has 0 unspecified atom stereocenters. The molecule has 2 aliphatic heterocycles. The Labute approximate surface area is 329 Å². The highest BCUT2D eigenvalue weighted by molar-refractivity contribution is 6.31. The van der Waals surface area contributed by atoms with Crippen LogP contribution in [0.5, 0.6) is 0 Å². The highest BCUT2D eigenvalue weighted by Crippen LogP contribution is 2.29. The summed E-state index contributed by atoms with van der Waals surface area (Å²) in [7, 11) is 0. The van der Waals surface area contributed by atoms with Crippen molar-refractivity contribution in [3.05, 3.63) is 152 Å². The zero-order valence-corrected chi connectivity index (χ0v) is 33.5. The van der Waals surface area contributed by atoms with Gasteiger partial charge in [-0.15, -0.1) is 0 Å². The van der Waals surface area contributed by atoms with Gasteiger partial charge in [-0.25, -0.2) is 9.98 Å². The average molecular weight is 760 g/mol. The van der Waals surface area contributed by atoms with Gasteiger partial charge in [-0.3, -0.25) is 19.4 Å². The van der Waals surface area contributed by atoms with Gasteiger partial charge in [0.2, 0.25) is 0 Å². The summed E-state index contributed by atoms with van der Waals surface area (Å²) in [5, 5.41) is 1.28. The van der Waals surface area contributed by atoms with E-state index in [1.165, 1.54) is 11.1 Å². The lowest BCUT2D eigenvalue weighted by Gasteiger charge is -2.22. The Morgan fingerprint density at radius 1 is 0.500 bits per heavy atom. The van der Waals surface area contributed by atoms with E-state index in [2.05, 4.69) is 90.1 Å². The fraction of sp³-hybridized carbons (Fsp3) is 0.304. The molecule has 0 aromatic heterocycles. The summed E-state index contributed by atoms with van der Waals surface area (Å²) < 4.78 is 0. The maximum absolute atomic E-state index is 13.8. The number of hydrogen-bond acceptors (Lipinski definition) is 4. The van der Waals surface area contributed by atoms with Gasteiger partial charge in [0.15, 0.2) is 0 Å². The van der Waals surface area contributed by atoms with Crippen molar-refractivity contribution in [2.45, 2.75) is 78.1 Å². The number of hydrogen-bond donors (Lipinski definition) is 0. The average Bonchev–Trinajstić information content (AvgIpc) is 3.61. The number of benzene rings is 4. The molecule has 0 radical (unpaired) electrons. The zero-order chi connectivity index (χ0) is 38.6. The third kappa shape index (κ3) is 9.29. The number of amidine groups is 2. The van der Waals surface area contributed by atoms with Crippen molar-refractivity contribution < 1.29 is 9.59 Å². The lowest BCUT2D eigenvalue weighted by Crippen LogP contribution is -2.34. The summed E-state index contributed by atoms with van der Waals surface area (Å²) in [6.45, 7) is 14.2. The lowest BCUT2D eigenvalue weighted by atomic mass is 9.86. The normalized spacial score (nSPS) is 16.5. The minimum absolute atomic E-state index is 0.0168. The minimum Gasteiger partial charge on any atom is -0.291 e. The van der Waals surface area contributed by atoms with Gasteiger partial charge < -0.3 is 0 Å². The third-order valence-electron chi connectivity index (χ3n) is 9.77. The Morgan fingerprint density at radius 3 is 1.15 bits per heavy atom. The van der Waals surface area contributed by atoms with E-state index in [4.69, 9.17) is 33.2 Å². The van der Waals surface area contributed by atoms with Crippen LogP contribution in [-0.2, 0) is 20.4 Å². The van der Waals surface area contributed by atoms with Crippen LogP contribution in [-0.4, -0.2) is 46.4 Å². The quantitative estimate of drug-likeness (QED) is 0.113. The van der Waals surface area contributed by atoms with E-state index in [0.29, 0.717) is 46.2 Å². The van der Waals surface area contributed by atoms with Gasteiger partial charge in [-0.1, -0.05) is 150 Å². The molecule has 6 nitrogen and oxygen atoms in total. The first-order chi connectivity index (χ1) is 25.7. The van der Waals surface area contributed by atoms with Crippen molar-refractivity contribution in [2.24, 2.45) is 9.98 Å². The smallest absolute Gasteiger partial charge is 0.278 e. The largest absolute Gasteiger partial charge is 0.291 e. The van der Waals surface area contributed by atoms with E-state index in [0.717, 1.165) is 47.9 Å². The number of rotatable bonds is 11. The van der Waals surface area contributed by atoms with Crippen LogP contribution in [0.25, 0.3) is 12.2 Å². The van der Waals surface area contributed by atoms with Crippen LogP contribution in [0.1, 0.15) is 101 Å². The summed E-state index contributed by atoms with van der Waals surface area (Å²) in [5.41, 5.74) is 6.84. The Bertz CT molecular complexity index is 1960. The van der Waals surface area contributed by atoms with E-state index in [1.807, 2.05) is 60.7 Å². The van der Waals surface area contributed by atoms with Crippen molar-refractivity contribution in [2.75, 3.05) is 13.1 Å². The second-order valence-corrected chi connectivity index (χ2v) is 16.9. The third-order valence-corrected chi connectivity index (χ3v) is 10.3. The standard InChI is InChI=1S/C46H48Cl2N4O2/c1-45(2,3)35-19-15-33(16-20-35)41-49-39(29-31-11-23-37(47)24-12-31)43(53)51(41)27-9-7-8-10-28-52-42(34-17-21-36(22-18-34)46(4,5)6)50-40(44(52)54)30-32-13-25-38(48)26-14-32/h11-26,29-30H,7-10,27-28H2,1-6H3/b39-29-,40-30+. The first-order valence-corrected chi connectivity index (χ1v) is 19.4. The van der Waals surface area contributed by atoms with Crippen LogP contribution >= 0.6 is 23.2 Å². The molecule has 4 aromatic carbocycles. The number of carbonyl (C=O) groups is 2. The summed E-state index contributed by atoms with van der Waals surface area (Å²) in [6.07, 6.45) is 7.01. The first-order valence-electron chi connectivity index (χ1n) is 18.6. The number of unbranched alkanes of at least 4 members (excludes halogenated alkanes) is 3. The van der Waals surface area contributed by atoms with Crippen molar-refractivity contribution in [1.82, 2.24) is 9.80 Å². The van der Waals surface area contributed by atoms with E-state index in [1.54, 1.807) is 9.80 Å². The molecular weight excluding hydrogens is 711 g/mol. The monoisotopic (exact) mass is 758 g/mol. The van der Waals surface area contributed by atoms with Gasteiger partial charge in [0.1, 0.15) is 23.1 Å². The molecular formula is C46H48Cl2N4O2. The van der Waals surface area contributed by atoms with Crippen molar-refractivity contribution >= 4 is 58.8 Å². The number of halogens is 2. The fourth-order valence-electron chi connectivity index (χ4n) is 6.52. The molecule has 2 aliphatic rings. The fourth-order valence-corrected chi connectivity index (χ4v) is 6.77. The Balaban J connectivity index is 1.13. The second-order valence-electron chi connectivity index (χ2n) is 16.0. The molecule has 0 aliphatic carbocycles. The van der Waals surface area contributed by atoms with Crippen LogP contribution in [0.2, 0.25) is 10.0 Å². The van der Waals surface area contributed by atoms with Crippen molar-refractivity contribution in [3.63, 3.8) is 0 Å². The molecule has 278 valence electrons. The van der Waals surface area contributed by atoms with Crippen LogP contribution in [0.3, 0.4) is 0 Å². The summed E-state index contributed by atoms with van der Waals surface area (Å²) in [5.74, 6) is 1.12. The minimum atomic E-state index is -0.110. The predicted octanol–water partition coefficient (Wildman–Crippen LogP) is 11.1. The molecule has 0 atom stereocenters. The Hall–Kier alpha value is -4.78. The molecule has 2 heterocycles. The number of aliphatic imine (C=N–C) groups is 2.